The van der Waals surface area contributed by atoms with E-state index in [9.17, 15) is 9.59 Å². The average molecular weight is 351 g/mol. The van der Waals surface area contributed by atoms with Gasteiger partial charge in [0.2, 0.25) is 11.8 Å². The van der Waals surface area contributed by atoms with Gasteiger partial charge in [0.15, 0.2) is 0 Å². The molecule has 0 saturated carbocycles. The van der Waals surface area contributed by atoms with Crippen LogP contribution in [-0.4, -0.2) is 41.6 Å². The Morgan fingerprint density at radius 1 is 1.04 bits per heavy atom. The molecule has 4 N–H and O–H groups in total. The molecule has 0 unspecified atom stereocenters. The second kappa shape index (κ2) is 12.9. The maximum absolute atomic E-state index is 11.6. The zero-order chi connectivity index (χ0) is 18.3. The Kier molecular flexibility index (Phi) is 10.6. The van der Waals surface area contributed by atoms with Crippen LogP contribution in [-0.2, 0) is 9.59 Å². The molecule has 1 rings (SSSR count). The molecule has 8 nitrogen and oxygen atoms in total. The van der Waals surface area contributed by atoms with Crippen LogP contribution in [0.5, 0.6) is 5.75 Å². The molecule has 25 heavy (non-hydrogen) atoms. The van der Waals surface area contributed by atoms with Crippen molar-refractivity contribution in [3.05, 3.63) is 29.8 Å². The predicted molar refractivity (Wildman–Crippen MR) is 92.4 cm³/mol. The van der Waals surface area contributed by atoms with E-state index in [1.54, 1.807) is 36.0 Å². The third kappa shape index (κ3) is 10.1. The molecule has 0 radical (unpaired) electrons. The van der Waals surface area contributed by atoms with Crippen molar-refractivity contribution >= 4 is 18.0 Å². The lowest BCUT2D eigenvalue weighted by molar-refractivity contribution is -0.129. The van der Waals surface area contributed by atoms with Crippen molar-refractivity contribution < 1.29 is 24.6 Å². The minimum Gasteiger partial charge on any atom is -0.491 e. The van der Waals surface area contributed by atoms with Gasteiger partial charge in [-0.3, -0.25) is 14.8 Å². The summed E-state index contributed by atoms with van der Waals surface area (Å²) >= 11 is 0. The zero-order valence-corrected chi connectivity index (χ0v) is 14.1. The summed E-state index contributed by atoms with van der Waals surface area (Å²) in [6.07, 6.45) is 5.28. The number of hydrogen-bond acceptors (Lipinski definition) is 6. The molecule has 0 aliphatic carbocycles. The van der Waals surface area contributed by atoms with Crippen molar-refractivity contribution in [2.24, 2.45) is 5.10 Å². The molecule has 0 atom stereocenters. The summed E-state index contributed by atoms with van der Waals surface area (Å²) in [6, 6.07) is 7.11. The number of amides is 2. The number of hydroxylamine groups is 1. The molecule has 0 saturated heterocycles. The predicted octanol–water partition coefficient (Wildman–Crippen LogP) is 1.35. The number of rotatable bonds is 12. The Balaban J connectivity index is 2.14. The van der Waals surface area contributed by atoms with Crippen LogP contribution in [0.15, 0.2) is 29.4 Å². The Labute approximate surface area is 146 Å². The minimum atomic E-state index is -0.389. The number of nitrogens with zero attached hydrogens (tertiary/aromatic N) is 1. The van der Waals surface area contributed by atoms with E-state index in [1.165, 1.54) is 0 Å². The fourth-order valence-electron chi connectivity index (χ4n) is 2.03. The maximum atomic E-state index is 11.6. The van der Waals surface area contributed by atoms with Gasteiger partial charge in [0.1, 0.15) is 12.4 Å². The van der Waals surface area contributed by atoms with Gasteiger partial charge < -0.3 is 9.84 Å². The van der Waals surface area contributed by atoms with Crippen LogP contribution < -0.4 is 15.6 Å². The van der Waals surface area contributed by atoms with Crippen molar-refractivity contribution in [1.82, 2.24) is 10.9 Å². The van der Waals surface area contributed by atoms with E-state index >= 15 is 0 Å². The van der Waals surface area contributed by atoms with Crippen molar-refractivity contribution in [3.63, 3.8) is 0 Å². The number of benzene rings is 1. The third-order valence-corrected chi connectivity index (χ3v) is 3.33. The van der Waals surface area contributed by atoms with Crippen LogP contribution in [0, 0.1) is 0 Å². The topological polar surface area (TPSA) is 120 Å². The van der Waals surface area contributed by atoms with Gasteiger partial charge in [-0.05, 0) is 42.7 Å². The van der Waals surface area contributed by atoms with Crippen molar-refractivity contribution in [2.45, 2.75) is 38.5 Å². The highest BCUT2D eigenvalue weighted by atomic mass is 16.5. The van der Waals surface area contributed by atoms with Gasteiger partial charge in [-0.1, -0.05) is 12.8 Å². The van der Waals surface area contributed by atoms with E-state index in [0.29, 0.717) is 18.6 Å². The first-order valence-electron chi connectivity index (χ1n) is 8.24. The fourth-order valence-corrected chi connectivity index (χ4v) is 2.03. The Hall–Kier alpha value is -2.45. The molecule has 0 aliphatic rings. The van der Waals surface area contributed by atoms with Gasteiger partial charge in [0, 0.05) is 12.8 Å². The minimum absolute atomic E-state index is 0.0345. The standard InChI is InChI=1S/C17H25N3O5/c21-11-12-25-15-9-7-14(8-10-15)13-18-19-16(22)5-3-1-2-4-6-17(23)20-24/h7-10,13,21,24H,1-6,11-12H2,(H,19,22)(H,20,23)/b18-13+. The number of aliphatic hydroxyl groups excluding tert-OH is 1. The summed E-state index contributed by atoms with van der Waals surface area (Å²) in [5.41, 5.74) is 4.87. The van der Waals surface area contributed by atoms with Crippen molar-refractivity contribution in [3.8, 4) is 5.75 Å². The summed E-state index contributed by atoms with van der Waals surface area (Å²) in [6.45, 7) is 0.214. The van der Waals surface area contributed by atoms with Gasteiger partial charge in [-0.15, -0.1) is 0 Å². The number of carbonyl (C=O) groups excluding carboxylic acids is 2. The van der Waals surface area contributed by atoms with E-state index in [4.69, 9.17) is 15.1 Å². The highest BCUT2D eigenvalue weighted by Crippen LogP contribution is 2.10. The maximum Gasteiger partial charge on any atom is 0.243 e. The quantitative estimate of drug-likeness (QED) is 0.196. The monoisotopic (exact) mass is 351 g/mol. The molecule has 0 aromatic heterocycles. The van der Waals surface area contributed by atoms with Crippen molar-refractivity contribution in [1.29, 1.82) is 0 Å². The Morgan fingerprint density at radius 2 is 1.68 bits per heavy atom. The lowest BCUT2D eigenvalue weighted by atomic mass is 10.1. The van der Waals surface area contributed by atoms with E-state index in [-0.39, 0.29) is 31.4 Å². The number of carbonyl (C=O) groups is 2. The number of hydrogen-bond donors (Lipinski definition) is 4. The fraction of sp³-hybridized carbons (Fsp3) is 0.471. The first-order chi connectivity index (χ1) is 12.2. The van der Waals surface area contributed by atoms with Crippen LogP contribution >= 0.6 is 0 Å². The first-order valence-corrected chi connectivity index (χ1v) is 8.24. The van der Waals surface area contributed by atoms with E-state index in [1.807, 2.05) is 0 Å². The molecule has 138 valence electrons. The molecule has 0 heterocycles. The molecule has 0 bridgehead atoms. The molecule has 0 aliphatic heterocycles. The molecule has 1 aromatic carbocycles. The molecule has 0 spiro atoms. The summed E-state index contributed by atoms with van der Waals surface area (Å²) in [5, 5.41) is 20.9. The van der Waals surface area contributed by atoms with Gasteiger partial charge in [-0.2, -0.15) is 5.10 Å². The van der Waals surface area contributed by atoms with E-state index < -0.39 is 0 Å². The van der Waals surface area contributed by atoms with Crippen LogP contribution in [0.3, 0.4) is 0 Å². The van der Waals surface area contributed by atoms with Crippen LogP contribution in [0.1, 0.15) is 44.1 Å². The van der Waals surface area contributed by atoms with Crippen LogP contribution in [0.4, 0.5) is 0 Å². The smallest absolute Gasteiger partial charge is 0.243 e. The lowest BCUT2D eigenvalue weighted by Crippen LogP contribution is -2.18. The SMILES string of the molecule is O=C(CCCCCCC(=O)N/N=C/c1ccc(OCCO)cc1)NO. The highest BCUT2D eigenvalue weighted by Gasteiger charge is 2.01. The first kappa shape index (κ1) is 20.6. The van der Waals surface area contributed by atoms with E-state index in [0.717, 1.165) is 24.8 Å². The number of hydrazone groups is 1. The number of unbranched alkanes of at least 4 members (excludes halogenated alkanes) is 3. The Morgan fingerprint density at radius 3 is 2.28 bits per heavy atom. The molecular formula is C17H25N3O5. The molecular weight excluding hydrogens is 326 g/mol. The largest absolute Gasteiger partial charge is 0.491 e. The third-order valence-electron chi connectivity index (χ3n) is 3.33. The Bertz CT molecular complexity index is 546. The molecule has 8 heteroatoms. The highest BCUT2D eigenvalue weighted by molar-refractivity contribution is 5.82. The number of nitrogens with one attached hydrogen (secondary N) is 2. The second-order valence-electron chi connectivity index (χ2n) is 5.38. The van der Waals surface area contributed by atoms with Gasteiger partial charge in [0.25, 0.3) is 0 Å². The normalized spacial score (nSPS) is 10.6. The summed E-state index contributed by atoms with van der Waals surface area (Å²) < 4.78 is 5.25. The molecule has 2 amide bonds. The molecule has 1 aromatic rings. The van der Waals surface area contributed by atoms with E-state index in [2.05, 4.69) is 10.5 Å². The van der Waals surface area contributed by atoms with Crippen LogP contribution in [0.2, 0.25) is 0 Å². The zero-order valence-electron chi connectivity index (χ0n) is 14.1. The van der Waals surface area contributed by atoms with Crippen LogP contribution in [0.25, 0.3) is 0 Å². The van der Waals surface area contributed by atoms with Crippen molar-refractivity contribution in [2.75, 3.05) is 13.2 Å². The van der Waals surface area contributed by atoms with Gasteiger partial charge in [0.05, 0.1) is 12.8 Å². The number of aliphatic hydroxyl groups is 1. The average Bonchev–Trinajstić information content (AvgIpc) is 2.63. The van der Waals surface area contributed by atoms with Gasteiger partial charge >= 0.3 is 0 Å². The lowest BCUT2D eigenvalue weighted by Gasteiger charge is -2.03. The van der Waals surface area contributed by atoms with Gasteiger partial charge in [-0.25, -0.2) is 10.9 Å². The molecule has 0 fully saturated rings. The number of ether oxygens (including phenoxy) is 1. The summed E-state index contributed by atoms with van der Waals surface area (Å²) in [7, 11) is 0. The summed E-state index contributed by atoms with van der Waals surface area (Å²) in [4.78, 5) is 22.4. The second-order valence-corrected chi connectivity index (χ2v) is 5.38. The summed E-state index contributed by atoms with van der Waals surface area (Å²) in [5.74, 6) is 0.110.